The van der Waals surface area contributed by atoms with E-state index >= 15 is 0 Å². The van der Waals surface area contributed by atoms with Gasteiger partial charge in [0, 0.05) is 27.6 Å². The number of rotatable bonds is 3. The van der Waals surface area contributed by atoms with E-state index in [0.717, 1.165) is 27.4 Å². The van der Waals surface area contributed by atoms with E-state index in [4.69, 9.17) is 17.3 Å². The molecule has 6 heteroatoms. The zero-order valence-electron chi connectivity index (χ0n) is 18.7. The van der Waals surface area contributed by atoms with Crippen molar-refractivity contribution in [2.24, 2.45) is 11.1 Å². The number of benzene rings is 2. The average molecular weight is 464 g/mol. The molecule has 0 amide bonds. The molecule has 1 aliphatic carbocycles. The van der Waals surface area contributed by atoms with Crippen molar-refractivity contribution in [1.29, 1.82) is 5.26 Å². The lowest BCUT2D eigenvalue weighted by Gasteiger charge is -2.44. The Morgan fingerprint density at radius 2 is 1.88 bits per heavy atom. The first-order valence-corrected chi connectivity index (χ1v) is 12.1. The Bertz CT molecular complexity index is 1200. The summed E-state index contributed by atoms with van der Waals surface area (Å²) in [6, 6.07) is 16.0. The van der Waals surface area contributed by atoms with Gasteiger partial charge in [0.25, 0.3) is 0 Å². The first-order valence-electron chi connectivity index (χ1n) is 10.5. The van der Waals surface area contributed by atoms with Crippen LogP contribution in [0.1, 0.15) is 43.7 Å². The molecule has 1 heterocycles. The van der Waals surface area contributed by atoms with Gasteiger partial charge < -0.3 is 5.73 Å². The third kappa shape index (κ3) is 3.72. The second-order valence-electron chi connectivity index (χ2n) is 9.14. The molecule has 0 bridgehead atoms. The maximum atomic E-state index is 13.6. The molecule has 4 nitrogen and oxygen atoms in total. The van der Waals surface area contributed by atoms with E-state index in [2.05, 4.69) is 19.9 Å². The van der Waals surface area contributed by atoms with Crippen LogP contribution in [0.15, 0.2) is 70.0 Å². The van der Waals surface area contributed by atoms with Crippen molar-refractivity contribution in [2.75, 3.05) is 11.2 Å². The van der Waals surface area contributed by atoms with Gasteiger partial charge >= 0.3 is 0 Å². The van der Waals surface area contributed by atoms with Crippen molar-refractivity contribution in [1.82, 2.24) is 0 Å². The Hall–Kier alpha value is -2.68. The molecule has 4 rings (SSSR count). The maximum Gasteiger partial charge on any atom is 0.162 e. The van der Waals surface area contributed by atoms with Gasteiger partial charge in [-0.05, 0) is 60.4 Å². The van der Waals surface area contributed by atoms with E-state index in [1.165, 1.54) is 0 Å². The molecule has 2 aromatic rings. The van der Waals surface area contributed by atoms with Gasteiger partial charge in [0.15, 0.2) is 5.78 Å². The molecule has 0 fully saturated rings. The zero-order valence-corrected chi connectivity index (χ0v) is 20.3. The number of Topliss-reactive ketones (excluding diaryl/α,β-unsaturated/α-hetero) is 1. The van der Waals surface area contributed by atoms with Crippen molar-refractivity contribution in [3.63, 3.8) is 0 Å². The minimum atomic E-state index is -0.467. The lowest BCUT2D eigenvalue weighted by molar-refractivity contribution is -0.118. The molecule has 0 unspecified atom stereocenters. The SMILES string of the molecule is CSc1ccc([C@@H]2C(C#N)=C(N)N(c3cccc(Cl)c3C)C3=C2C(=O)CC(C)(C)C3)cc1. The summed E-state index contributed by atoms with van der Waals surface area (Å²) >= 11 is 8.08. The van der Waals surface area contributed by atoms with Crippen LogP contribution in [0.5, 0.6) is 0 Å². The lowest BCUT2D eigenvalue weighted by Crippen LogP contribution is -2.42. The number of anilines is 1. The summed E-state index contributed by atoms with van der Waals surface area (Å²) < 4.78 is 0. The van der Waals surface area contributed by atoms with Crippen LogP contribution in [-0.4, -0.2) is 12.0 Å². The minimum Gasteiger partial charge on any atom is -0.384 e. The van der Waals surface area contributed by atoms with Crippen molar-refractivity contribution in [3.8, 4) is 6.07 Å². The highest BCUT2D eigenvalue weighted by molar-refractivity contribution is 7.98. The second kappa shape index (κ2) is 8.35. The molecule has 0 saturated heterocycles. The highest BCUT2D eigenvalue weighted by Gasteiger charge is 2.44. The summed E-state index contributed by atoms with van der Waals surface area (Å²) in [5, 5.41) is 10.8. The number of hydrogen-bond donors (Lipinski definition) is 1. The fourth-order valence-electron chi connectivity index (χ4n) is 4.75. The number of nitrogens with two attached hydrogens (primary N) is 1. The van der Waals surface area contributed by atoms with Crippen molar-refractivity contribution in [3.05, 3.63) is 81.3 Å². The predicted octanol–water partition coefficient (Wildman–Crippen LogP) is 6.31. The van der Waals surface area contributed by atoms with Gasteiger partial charge in [-0.15, -0.1) is 11.8 Å². The number of allylic oxidation sites excluding steroid dienone is 3. The molecular formula is C26H26ClN3OS. The summed E-state index contributed by atoms with van der Waals surface area (Å²) in [5.74, 6) is -0.0357. The number of carbonyl (C=O) groups excluding carboxylic acids is 1. The quantitative estimate of drug-likeness (QED) is 0.540. The third-order valence-corrected chi connectivity index (χ3v) is 7.46. The number of halogens is 1. The molecule has 0 radical (unpaired) electrons. The van der Waals surface area contributed by atoms with E-state index < -0.39 is 5.92 Å². The third-order valence-electron chi connectivity index (χ3n) is 6.31. The summed E-state index contributed by atoms with van der Waals surface area (Å²) in [7, 11) is 0. The van der Waals surface area contributed by atoms with Crippen LogP contribution >= 0.6 is 23.4 Å². The standard InChI is InChI=1S/C26H26ClN3OS/c1-15-19(27)6-5-7-20(15)30-21-12-26(2,3)13-22(31)24(21)23(18(14-28)25(30)29)16-8-10-17(32-4)11-9-16/h5-11,23H,12-13,29H2,1-4H3/t23-/m1/s1. The minimum absolute atomic E-state index is 0.0696. The molecule has 2 N–H and O–H groups in total. The van der Waals surface area contributed by atoms with Crippen LogP contribution in [0.2, 0.25) is 5.02 Å². The van der Waals surface area contributed by atoms with Gasteiger partial charge in [0.05, 0.1) is 23.2 Å². The molecule has 164 valence electrons. The van der Waals surface area contributed by atoms with Gasteiger partial charge in [-0.25, -0.2) is 0 Å². The topological polar surface area (TPSA) is 70.1 Å². The van der Waals surface area contributed by atoms with Gasteiger partial charge in [-0.1, -0.05) is 43.6 Å². The largest absolute Gasteiger partial charge is 0.384 e. The maximum absolute atomic E-state index is 13.6. The summed E-state index contributed by atoms with van der Waals surface area (Å²) in [5.41, 5.74) is 11.0. The highest BCUT2D eigenvalue weighted by atomic mass is 35.5. The predicted molar refractivity (Wildman–Crippen MR) is 132 cm³/mol. The molecule has 0 spiro atoms. The molecule has 32 heavy (non-hydrogen) atoms. The normalized spacial score (nSPS) is 20.3. The molecule has 1 atom stereocenters. The molecule has 0 saturated carbocycles. The monoisotopic (exact) mass is 463 g/mol. The highest BCUT2D eigenvalue weighted by Crippen LogP contribution is 2.50. The van der Waals surface area contributed by atoms with Gasteiger partial charge in [-0.3, -0.25) is 9.69 Å². The number of ketones is 1. The van der Waals surface area contributed by atoms with Gasteiger partial charge in [0.2, 0.25) is 0 Å². The second-order valence-corrected chi connectivity index (χ2v) is 10.4. The molecule has 0 aromatic heterocycles. The molecule has 2 aromatic carbocycles. The summed E-state index contributed by atoms with van der Waals surface area (Å²) in [4.78, 5) is 16.6. The van der Waals surface area contributed by atoms with Crippen LogP contribution in [0.25, 0.3) is 0 Å². The Kier molecular flexibility index (Phi) is 5.87. The number of thioether (sulfide) groups is 1. The van der Waals surface area contributed by atoms with E-state index in [-0.39, 0.29) is 11.2 Å². The first-order chi connectivity index (χ1) is 15.2. The molecule has 1 aliphatic heterocycles. The molecule has 2 aliphatic rings. The fraction of sp³-hybridized carbons (Fsp3) is 0.308. The number of nitriles is 1. The van der Waals surface area contributed by atoms with Crippen LogP contribution in [-0.2, 0) is 4.79 Å². The Morgan fingerprint density at radius 1 is 1.19 bits per heavy atom. The van der Waals surface area contributed by atoms with Crippen LogP contribution in [0, 0.1) is 23.7 Å². The Balaban J connectivity index is 2.00. The van der Waals surface area contributed by atoms with Crippen molar-refractivity contribution in [2.45, 2.75) is 44.4 Å². The van der Waals surface area contributed by atoms with Gasteiger partial charge in [0.1, 0.15) is 5.82 Å². The van der Waals surface area contributed by atoms with E-state index in [9.17, 15) is 10.1 Å². The van der Waals surface area contributed by atoms with Crippen LogP contribution < -0.4 is 10.6 Å². The van der Waals surface area contributed by atoms with Crippen molar-refractivity contribution < 1.29 is 4.79 Å². The Morgan fingerprint density at radius 3 is 2.50 bits per heavy atom. The van der Waals surface area contributed by atoms with Gasteiger partial charge in [-0.2, -0.15) is 5.26 Å². The summed E-state index contributed by atoms with van der Waals surface area (Å²) in [6.45, 7) is 6.12. The summed E-state index contributed by atoms with van der Waals surface area (Å²) in [6.07, 6.45) is 3.14. The number of nitrogens with zero attached hydrogens (tertiary/aromatic N) is 2. The average Bonchev–Trinajstić information content (AvgIpc) is 2.75. The smallest absolute Gasteiger partial charge is 0.162 e. The Labute approximate surface area is 198 Å². The van der Waals surface area contributed by atoms with E-state index in [1.54, 1.807) is 11.8 Å². The number of hydrogen-bond acceptors (Lipinski definition) is 5. The first kappa shape index (κ1) is 22.5. The number of carbonyl (C=O) groups is 1. The fourth-order valence-corrected chi connectivity index (χ4v) is 5.33. The van der Waals surface area contributed by atoms with Crippen LogP contribution in [0.3, 0.4) is 0 Å². The lowest BCUT2D eigenvalue weighted by atomic mass is 9.68. The van der Waals surface area contributed by atoms with E-state index in [1.807, 2.05) is 60.5 Å². The zero-order chi connectivity index (χ0) is 23.2. The van der Waals surface area contributed by atoms with Crippen molar-refractivity contribution >= 4 is 34.8 Å². The van der Waals surface area contributed by atoms with Crippen LogP contribution in [0.4, 0.5) is 5.69 Å². The van der Waals surface area contributed by atoms with E-state index in [0.29, 0.717) is 34.8 Å². The molecular weight excluding hydrogens is 438 g/mol.